The van der Waals surface area contributed by atoms with Gasteiger partial charge in [0.1, 0.15) is 0 Å². The van der Waals surface area contributed by atoms with Crippen molar-refractivity contribution in [2.75, 3.05) is 26.8 Å². The minimum atomic E-state index is -0.249. The van der Waals surface area contributed by atoms with E-state index >= 15 is 0 Å². The fraction of sp³-hybridized carbons (Fsp3) is 0.611. The molecule has 0 radical (unpaired) electrons. The summed E-state index contributed by atoms with van der Waals surface area (Å²) >= 11 is 0. The zero-order valence-corrected chi connectivity index (χ0v) is 14.2. The minimum Gasteiger partial charge on any atom is -0.385 e. The van der Waals surface area contributed by atoms with Crippen LogP contribution in [0.25, 0.3) is 0 Å². The normalized spacial score (nSPS) is 19.8. The average Bonchev–Trinajstić information content (AvgIpc) is 3.46. The lowest BCUT2D eigenvalue weighted by Gasteiger charge is -2.42. The van der Waals surface area contributed by atoms with Crippen molar-refractivity contribution >= 4 is 11.8 Å². The first-order valence-corrected chi connectivity index (χ1v) is 8.64. The molecule has 2 amide bonds. The Hall–Kier alpha value is -1.95. The number of nitrogens with one attached hydrogen (secondary N) is 1. The van der Waals surface area contributed by atoms with Gasteiger partial charge in [-0.15, -0.1) is 0 Å². The molecule has 130 valence electrons. The number of ether oxygens (including phenoxy) is 1. The largest absolute Gasteiger partial charge is 0.385 e. The minimum absolute atomic E-state index is 0.0111. The van der Waals surface area contributed by atoms with Gasteiger partial charge in [0.15, 0.2) is 0 Å². The van der Waals surface area contributed by atoms with E-state index in [4.69, 9.17) is 4.74 Å². The number of hydrogen-bond donors (Lipinski definition) is 1. The number of carbonyl (C=O) groups is 2. The Morgan fingerprint density at radius 2 is 2.12 bits per heavy atom. The maximum Gasteiger partial charge on any atom is 0.255 e. The van der Waals surface area contributed by atoms with E-state index in [1.807, 2.05) is 4.90 Å². The average molecular weight is 331 g/mol. The lowest BCUT2D eigenvalue weighted by molar-refractivity contribution is -0.125. The third kappa shape index (κ3) is 3.93. The number of nitrogens with zero attached hydrogens (tertiary/aromatic N) is 2. The van der Waals surface area contributed by atoms with Gasteiger partial charge < -0.3 is 15.0 Å². The molecular formula is C18H25N3O3. The summed E-state index contributed by atoms with van der Waals surface area (Å²) in [6.07, 6.45) is 7.58. The predicted octanol–water partition coefficient (Wildman–Crippen LogP) is 1.62. The molecule has 1 aromatic rings. The second-order valence-electron chi connectivity index (χ2n) is 6.82. The molecule has 24 heavy (non-hydrogen) atoms. The Labute approximate surface area is 142 Å². The lowest BCUT2D eigenvalue weighted by Crippen LogP contribution is -2.57. The number of likely N-dealkylation sites (tertiary alicyclic amines) is 1. The van der Waals surface area contributed by atoms with E-state index in [9.17, 15) is 9.59 Å². The first kappa shape index (κ1) is 16.9. The fourth-order valence-corrected chi connectivity index (χ4v) is 3.25. The number of amides is 2. The number of pyridine rings is 1. The van der Waals surface area contributed by atoms with Crippen LogP contribution in [0.5, 0.6) is 0 Å². The van der Waals surface area contributed by atoms with Gasteiger partial charge in [-0.2, -0.15) is 0 Å². The highest BCUT2D eigenvalue weighted by atomic mass is 16.5. The number of aromatic nitrogens is 1. The number of piperidine rings is 1. The van der Waals surface area contributed by atoms with Crippen LogP contribution in [0.3, 0.4) is 0 Å². The molecule has 0 spiro atoms. The Morgan fingerprint density at radius 3 is 2.71 bits per heavy atom. The van der Waals surface area contributed by atoms with Gasteiger partial charge in [-0.05, 0) is 44.2 Å². The van der Waals surface area contributed by atoms with Gasteiger partial charge in [0.05, 0.1) is 5.56 Å². The Balaban J connectivity index is 1.62. The van der Waals surface area contributed by atoms with Gasteiger partial charge in [0, 0.05) is 50.7 Å². The van der Waals surface area contributed by atoms with Crippen LogP contribution in [-0.2, 0) is 9.53 Å². The molecule has 0 bridgehead atoms. The number of carbonyl (C=O) groups excluding carboxylic acids is 2. The quantitative estimate of drug-likeness (QED) is 0.860. The summed E-state index contributed by atoms with van der Waals surface area (Å²) in [5.74, 6) is 0.370. The topological polar surface area (TPSA) is 71.5 Å². The highest BCUT2D eigenvalue weighted by Gasteiger charge is 2.40. The first-order valence-electron chi connectivity index (χ1n) is 8.64. The molecule has 2 fully saturated rings. The molecule has 0 unspecified atom stereocenters. The van der Waals surface area contributed by atoms with Crippen LogP contribution in [0.2, 0.25) is 0 Å². The van der Waals surface area contributed by atoms with E-state index < -0.39 is 0 Å². The molecule has 2 heterocycles. The molecule has 0 atom stereocenters. The summed E-state index contributed by atoms with van der Waals surface area (Å²) in [5.41, 5.74) is 0.366. The van der Waals surface area contributed by atoms with Crippen LogP contribution in [0.15, 0.2) is 24.5 Å². The standard InChI is InChI=1S/C18H25N3O3/c1-24-12-8-18(20-16(22)14-4-5-14)6-10-21(11-7-18)17(23)15-3-2-9-19-13-15/h2-3,9,13-14H,4-8,10-12H2,1H3,(H,20,22). The number of rotatable bonds is 6. The predicted molar refractivity (Wildman–Crippen MR) is 89.5 cm³/mol. The summed E-state index contributed by atoms with van der Waals surface area (Å²) in [7, 11) is 1.68. The molecule has 3 rings (SSSR count). The van der Waals surface area contributed by atoms with Gasteiger partial charge in [0.2, 0.25) is 5.91 Å². The van der Waals surface area contributed by atoms with Gasteiger partial charge in [-0.1, -0.05) is 0 Å². The Kier molecular flexibility index (Phi) is 5.14. The fourth-order valence-electron chi connectivity index (χ4n) is 3.25. The smallest absolute Gasteiger partial charge is 0.255 e. The molecule has 1 N–H and O–H groups in total. The number of hydrogen-bond acceptors (Lipinski definition) is 4. The van der Waals surface area contributed by atoms with Crippen molar-refractivity contribution in [2.45, 2.75) is 37.6 Å². The summed E-state index contributed by atoms with van der Waals surface area (Å²) in [5, 5.41) is 3.26. The molecule has 2 aliphatic rings. The molecule has 1 saturated heterocycles. The molecule has 1 aliphatic heterocycles. The van der Waals surface area contributed by atoms with Crippen molar-refractivity contribution < 1.29 is 14.3 Å². The monoisotopic (exact) mass is 331 g/mol. The second-order valence-corrected chi connectivity index (χ2v) is 6.82. The van der Waals surface area contributed by atoms with Crippen LogP contribution in [0, 0.1) is 5.92 Å². The van der Waals surface area contributed by atoms with Crippen molar-refractivity contribution in [3.63, 3.8) is 0 Å². The first-order chi connectivity index (χ1) is 11.6. The Bertz CT molecular complexity index is 578. The van der Waals surface area contributed by atoms with Gasteiger partial charge in [-0.25, -0.2) is 0 Å². The van der Waals surface area contributed by atoms with Crippen molar-refractivity contribution in [1.82, 2.24) is 15.2 Å². The SMILES string of the molecule is COCCC1(NC(=O)C2CC2)CCN(C(=O)c2cccnc2)CC1. The van der Waals surface area contributed by atoms with E-state index in [2.05, 4.69) is 10.3 Å². The van der Waals surface area contributed by atoms with Crippen LogP contribution in [0.1, 0.15) is 42.5 Å². The molecule has 0 aromatic carbocycles. The highest BCUT2D eigenvalue weighted by Crippen LogP contribution is 2.32. The van der Waals surface area contributed by atoms with Crippen LogP contribution in [-0.4, -0.2) is 54.0 Å². The highest BCUT2D eigenvalue weighted by molar-refractivity contribution is 5.94. The molecular weight excluding hydrogens is 306 g/mol. The van der Waals surface area contributed by atoms with Gasteiger partial charge in [-0.3, -0.25) is 14.6 Å². The number of methoxy groups -OCH3 is 1. The summed E-state index contributed by atoms with van der Waals surface area (Å²) in [4.78, 5) is 30.6. The van der Waals surface area contributed by atoms with Crippen LogP contribution >= 0.6 is 0 Å². The maximum absolute atomic E-state index is 12.5. The molecule has 6 nitrogen and oxygen atoms in total. The van der Waals surface area contributed by atoms with Gasteiger partial charge >= 0.3 is 0 Å². The molecule has 1 aliphatic carbocycles. The van der Waals surface area contributed by atoms with E-state index in [1.165, 1.54) is 0 Å². The van der Waals surface area contributed by atoms with Crippen molar-refractivity contribution in [3.05, 3.63) is 30.1 Å². The van der Waals surface area contributed by atoms with E-state index in [0.29, 0.717) is 25.3 Å². The van der Waals surface area contributed by atoms with Gasteiger partial charge in [0.25, 0.3) is 5.91 Å². The van der Waals surface area contributed by atoms with Crippen molar-refractivity contribution in [3.8, 4) is 0 Å². The zero-order chi connectivity index (χ0) is 17.0. The Morgan fingerprint density at radius 1 is 1.38 bits per heavy atom. The summed E-state index contributed by atoms with van der Waals surface area (Å²) in [6, 6.07) is 3.56. The molecule has 1 aromatic heterocycles. The van der Waals surface area contributed by atoms with Crippen LogP contribution < -0.4 is 5.32 Å². The zero-order valence-electron chi connectivity index (χ0n) is 14.2. The van der Waals surface area contributed by atoms with E-state index in [0.717, 1.165) is 32.1 Å². The summed E-state index contributed by atoms with van der Waals surface area (Å²) in [6.45, 7) is 1.90. The second kappa shape index (κ2) is 7.30. The third-order valence-corrected chi connectivity index (χ3v) is 5.04. The van der Waals surface area contributed by atoms with Crippen molar-refractivity contribution in [1.29, 1.82) is 0 Å². The van der Waals surface area contributed by atoms with Crippen molar-refractivity contribution in [2.24, 2.45) is 5.92 Å². The molecule has 6 heteroatoms. The van der Waals surface area contributed by atoms with E-state index in [1.54, 1.807) is 31.6 Å². The van der Waals surface area contributed by atoms with E-state index in [-0.39, 0.29) is 23.3 Å². The summed E-state index contributed by atoms with van der Waals surface area (Å²) < 4.78 is 5.23. The maximum atomic E-state index is 12.5. The third-order valence-electron chi connectivity index (χ3n) is 5.04. The molecule has 1 saturated carbocycles. The lowest BCUT2D eigenvalue weighted by atomic mass is 9.84. The van der Waals surface area contributed by atoms with Crippen LogP contribution in [0.4, 0.5) is 0 Å².